The summed E-state index contributed by atoms with van der Waals surface area (Å²) in [5, 5.41) is 9.53. The maximum atomic E-state index is 9.53. The van der Waals surface area contributed by atoms with Crippen molar-refractivity contribution in [3.05, 3.63) is 12.2 Å². The van der Waals surface area contributed by atoms with Crippen LogP contribution in [0.2, 0.25) is 0 Å². The monoisotopic (exact) mass is 198 g/mol. The van der Waals surface area contributed by atoms with Gasteiger partial charge in [0.2, 0.25) is 0 Å². The first kappa shape index (κ1) is 13.7. The van der Waals surface area contributed by atoms with E-state index >= 15 is 0 Å². The summed E-state index contributed by atoms with van der Waals surface area (Å²) >= 11 is 0. The van der Waals surface area contributed by atoms with E-state index in [1.807, 2.05) is 0 Å². The van der Waals surface area contributed by atoms with E-state index in [-0.39, 0.29) is 6.10 Å². The minimum Gasteiger partial charge on any atom is -0.393 e. The summed E-state index contributed by atoms with van der Waals surface area (Å²) in [5.41, 5.74) is 0. The molecule has 0 saturated heterocycles. The predicted molar refractivity (Wildman–Crippen MR) is 63.4 cm³/mol. The predicted octanol–water partition coefficient (Wildman–Crippen LogP) is 4.06. The van der Waals surface area contributed by atoms with Crippen LogP contribution in [0, 0.1) is 0 Å². The van der Waals surface area contributed by atoms with E-state index < -0.39 is 0 Å². The van der Waals surface area contributed by atoms with Crippen molar-refractivity contribution in [3.8, 4) is 0 Å². The van der Waals surface area contributed by atoms with Crippen LogP contribution in [-0.4, -0.2) is 11.2 Å². The summed E-state index contributed by atoms with van der Waals surface area (Å²) in [5.74, 6) is 0. The number of unbranched alkanes of at least 4 members (excludes halogenated alkanes) is 4. The Morgan fingerprint density at radius 1 is 1.00 bits per heavy atom. The summed E-state index contributed by atoms with van der Waals surface area (Å²) in [6, 6.07) is 0. The van der Waals surface area contributed by atoms with E-state index in [9.17, 15) is 5.11 Å². The summed E-state index contributed by atoms with van der Waals surface area (Å²) < 4.78 is 0. The second kappa shape index (κ2) is 10.8. The van der Waals surface area contributed by atoms with Crippen LogP contribution in [0.25, 0.3) is 0 Å². The van der Waals surface area contributed by atoms with E-state index in [0.29, 0.717) is 0 Å². The minimum absolute atomic E-state index is 0.114. The molecular formula is C13H26O. The molecule has 0 aromatic heterocycles. The first-order valence-electron chi connectivity index (χ1n) is 6.14. The summed E-state index contributed by atoms with van der Waals surface area (Å²) in [6.45, 7) is 4.38. The molecule has 0 aromatic carbocycles. The topological polar surface area (TPSA) is 20.2 Å². The van der Waals surface area contributed by atoms with Crippen molar-refractivity contribution in [1.29, 1.82) is 0 Å². The largest absolute Gasteiger partial charge is 0.393 e. The lowest BCUT2D eigenvalue weighted by Crippen LogP contribution is -2.03. The zero-order valence-electron chi connectivity index (χ0n) is 9.84. The molecular weight excluding hydrogens is 172 g/mol. The van der Waals surface area contributed by atoms with Crippen LogP contribution >= 0.6 is 0 Å². The molecule has 0 fully saturated rings. The van der Waals surface area contributed by atoms with Gasteiger partial charge in [-0.15, -0.1) is 0 Å². The third kappa shape index (κ3) is 9.79. The molecule has 1 atom stereocenters. The maximum absolute atomic E-state index is 9.53. The molecule has 0 bridgehead atoms. The molecule has 14 heavy (non-hydrogen) atoms. The van der Waals surface area contributed by atoms with Gasteiger partial charge in [0.25, 0.3) is 0 Å². The highest BCUT2D eigenvalue weighted by Gasteiger charge is 1.98. The molecule has 0 amide bonds. The Morgan fingerprint density at radius 3 is 2.36 bits per heavy atom. The zero-order valence-corrected chi connectivity index (χ0v) is 9.84. The first-order chi connectivity index (χ1) is 6.81. The lowest BCUT2D eigenvalue weighted by molar-refractivity contribution is 0.164. The maximum Gasteiger partial charge on any atom is 0.0574 e. The van der Waals surface area contributed by atoms with Crippen LogP contribution in [0.4, 0.5) is 0 Å². The quantitative estimate of drug-likeness (QED) is 0.437. The minimum atomic E-state index is -0.114. The van der Waals surface area contributed by atoms with Gasteiger partial charge >= 0.3 is 0 Å². The third-order valence-electron chi connectivity index (χ3n) is 2.44. The van der Waals surface area contributed by atoms with Gasteiger partial charge in [-0.1, -0.05) is 51.7 Å². The summed E-state index contributed by atoms with van der Waals surface area (Å²) in [7, 11) is 0. The molecule has 84 valence electrons. The molecule has 0 aromatic rings. The number of aliphatic hydroxyl groups excluding tert-OH is 1. The number of aliphatic hydroxyl groups is 1. The van der Waals surface area contributed by atoms with Gasteiger partial charge in [-0.25, -0.2) is 0 Å². The fourth-order valence-electron chi connectivity index (χ4n) is 1.44. The van der Waals surface area contributed by atoms with Crippen LogP contribution in [0.1, 0.15) is 65.2 Å². The molecule has 0 rings (SSSR count). The lowest BCUT2D eigenvalue weighted by Gasteiger charge is -2.05. The molecule has 1 unspecified atom stereocenters. The molecule has 1 heteroatoms. The molecule has 1 N–H and O–H groups in total. The van der Waals surface area contributed by atoms with Crippen LogP contribution < -0.4 is 0 Å². The van der Waals surface area contributed by atoms with Crippen LogP contribution in [-0.2, 0) is 0 Å². The SMILES string of the molecule is CCCCCC=CCC(O)CCCC. The van der Waals surface area contributed by atoms with Crippen molar-refractivity contribution in [1.82, 2.24) is 0 Å². The van der Waals surface area contributed by atoms with Crippen LogP contribution in [0.5, 0.6) is 0 Å². The van der Waals surface area contributed by atoms with Gasteiger partial charge in [-0.05, 0) is 25.7 Å². The van der Waals surface area contributed by atoms with Crippen molar-refractivity contribution in [2.24, 2.45) is 0 Å². The highest BCUT2D eigenvalue weighted by Crippen LogP contribution is 2.06. The Bertz CT molecular complexity index is 129. The van der Waals surface area contributed by atoms with Crippen LogP contribution in [0.3, 0.4) is 0 Å². The molecule has 0 aliphatic heterocycles. The molecule has 0 radical (unpaired) electrons. The third-order valence-corrected chi connectivity index (χ3v) is 2.44. The van der Waals surface area contributed by atoms with E-state index in [4.69, 9.17) is 0 Å². The van der Waals surface area contributed by atoms with E-state index in [1.165, 1.54) is 32.1 Å². The molecule has 0 spiro atoms. The Labute approximate surface area is 89.2 Å². The highest BCUT2D eigenvalue weighted by atomic mass is 16.3. The van der Waals surface area contributed by atoms with Gasteiger partial charge in [-0.3, -0.25) is 0 Å². The van der Waals surface area contributed by atoms with E-state index in [1.54, 1.807) is 0 Å². The smallest absolute Gasteiger partial charge is 0.0574 e. The number of hydrogen-bond donors (Lipinski definition) is 1. The van der Waals surface area contributed by atoms with Crippen molar-refractivity contribution in [3.63, 3.8) is 0 Å². The Morgan fingerprint density at radius 2 is 1.71 bits per heavy atom. The molecule has 1 nitrogen and oxygen atoms in total. The van der Waals surface area contributed by atoms with Crippen molar-refractivity contribution in [2.45, 2.75) is 71.3 Å². The summed E-state index contributed by atoms with van der Waals surface area (Å²) in [6.07, 6.45) is 13.4. The van der Waals surface area contributed by atoms with E-state index in [2.05, 4.69) is 26.0 Å². The van der Waals surface area contributed by atoms with E-state index in [0.717, 1.165) is 19.3 Å². The van der Waals surface area contributed by atoms with Crippen LogP contribution in [0.15, 0.2) is 12.2 Å². The Balaban J connectivity index is 3.23. The fraction of sp³-hybridized carbons (Fsp3) is 0.846. The van der Waals surface area contributed by atoms with Crippen molar-refractivity contribution >= 4 is 0 Å². The van der Waals surface area contributed by atoms with Gasteiger partial charge in [0.1, 0.15) is 0 Å². The van der Waals surface area contributed by atoms with Gasteiger partial charge in [0, 0.05) is 0 Å². The zero-order chi connectivity index (χ0) is 10.6. The molecule has 0 aliphatic carbocycles. The Kier molecular flexibility index (Phi) is 10.5. The second-order valence-electron chi connectivity index (χ2n) is 4.00. The number of hydrogen-bond acceptors (Lipinski definition) is 1. The fourth-order valence-corrected chi connectivity index (χ4v) is 1.44. The van der Waals surface area contributed by atoms with Gasteiger partial charge in [0.15, 0.2) is 0 Å². The Hall–Kier alpha value is -0.300. The molecule has 0 aliphatic rings. The normalized spacial score (nSPS) is 13.6. The average Bonchev–Trinajstić information content (AvgIpc) is 2.20. The van der Waals surface area contributed by atoms with Gasteiger partial charge in [0.05, 0.1) is 6.10 Å². The first-order valence-corrected chi connectivity index (χ1v) is 6.14. The molecule has 0 saturated carbocycles. The second-order valence-corrected chi connectivity index (χ2v) is 4.00. The van der Waals surface area contributed by atoms with Crippen molar-refractivity contribution < 1.29 is 5.11 Å². The molecule has 0 heterocycles. The van der Waals surface area contributed by atoms with Gasteiger partial charge < -0.3 is 5.11 Å². The van der Waals surface area contributed by atoms with Gasteiger partial charge in [-0.2, -0.15) is 0 Å². The van der Waals surface area contributed by atoms with Crippen molar-refractivity contribution in [2.75, 3.05) is 0 Å². The number of allylic oxidation sites excluding steroid dienone is 1. The average molecular weight is 198 g/mol. The number of rotatable bonds is 9. The summed E-state index contributed by atoms with van der Waals surface area (Å²) in [4.78, 5) is 0. The standard InChI is InChI=1S/C13H26O/c1-3-5-7-8-9-10-12-13(14)11-6-4-2/h9-10,13-14H,3-8,11-12H2,1-2H3. The highest BCUT2D eigenvalue weighted by molar-refractivity contribution is 4.83. The lowest BCUT2D eigenvalue weighted by atomic mass is 10.1.